The van der Waals surface area contributed by atoms with Gasteiger partial charge in [0, 0.05) is 26.7 Å². The maximum absolute atomic E-state index is 11.9. The van der Waals surface area contributed by atoms with Crippen LogP contribution in [0.15, 0.2) is 17.1 Å². The first kappa shape index (κ1) is 20.7. The van der Waals surface area contributed by atoms with Crippen molar-refractivity contribution in [1.82, 2.24) is 10.2 Å². The molecule has 0 aliphatic carbocycles. The second-order valence-corrected chi connectivity index (χ2v) is 6.45. The zero-order valence-electron chi connectivity index (χ0n) is 16.9. The van der Waals surface area contributed by atoms with E-state index in [1.807, 2.05) is 19.1 Å². The van der Waals surface area contributed by atoms with Crippen LogP contribution < -0.4 is 19.5 Å². The van der Waals surface area contributed by atoms with E-state index in [-0.39, 0.29) is 17.8 Å². The molecule has 0 spiro atoms. The Labute approximate surface area is 160 Å². The summed E-state index contributed by atoms with van der Waals surface area (Å²) in [5.74, 6) is 2.38. The summed E-state index contributed by atoms with van der Waals surface area (Å²) in [5.41, 5.74) is 0.961. The predicted octanol–water partition coefficient (Wildman–Crippen LogP) is 1.53. The lowest BCUT2D eigenvalue weighted by Gasteiger charge is -2.22. The number of rotatable bonds is 6. The molecule has 1 aliphatic rings. The Morgan fingerprint density at radius 3 is 2.26 bits per heavy atom. The minimum absolute atomic E-state index is 0.144. The van der Waals surface area contributed by atoms with Crippen LogP contribution in [0.3, 0.4) is 0 Å². The smallest absolute Gasteiger partial charge is 0.310 e. The number of methoxy groups -OCH3 is 4. The summed E-state index contributed by atoms with van der Waals surface area (Å²) in [7, 11) is 7.91. The minimum Gasteiger partial charge on any atom is -0.493 e. The molecule has 1 heterocycles. The minimum atomic E-state index is -0.176. The first-order valence-electron chi connectivity index (χ1n) is 8.81. The third-order valence-electron chi connectivity index (χ3n) is 4.80. The monoisotopic (exact) mass is 379 g/mol. The van der Waals surface area contributed by atoms with Gasteiger partial charge in [-0.1, -0.05) is 6.92 Å². The molecule has 1 aliphatic heterocycles. The van der Waals surface area contributed by atoms with E-state index < -0.39 is 0 Å². The average molecular weight is 379 g/mol. The number of carbonyl (C=O) groups excluding carboxylic acids is 1. The first-order valence-corrected chi connectivity index (χ1v) is 8.81. The Hall–Kier alpha value is -2.64. The number of nitrogens with zero attached hydrogens (tertiary/aromatic N) is 2. The standard InChI is InChI=1S/C19H29N3O5/c1-12-10-22(11-14(12)18(23)27-6)19(20-2)21-9-13-7-15(24-3)17(26-5)16(8-13)25-4/h7-8,12,14H,9-11H2,1-6H3,(H,20,21). The van der Waals surface area contributed by atoms with Crippen molar-refractivity contribution in [2.75, 3.05) is 48.6 Å². The lowest BCUT2D eigenvalue weighted by molar-refractivity contribution is -0.145. The number of esters is 1. The molecule has 2 atom stereocenters. The highest BCUT2D eigenvalue weighted by atomic mass is 16.5. The van der Waals surface area contributed by atoms with Gasteiger partial charge in [0.2, 0.25) is 5.75 Å². The molecule has 27 heavy (non-hydrogen) atoms. The van der Waals surface area contributed by atoms with E-state index in [1.165, 1.54) is 7.11 Å². The normalized spacial score (nSPS) is 19.6. The van der Waals surface area contributed by atoms with Gasteiger partial charge < -0.3 is 29.2 Å². The van der Waals surface area contributed by atoms with Crippen LogP contribution in [0.2, 0.25) is 0 Å². The van der Waals surface area contributed by atoms with E-state index >= 15 is 0 Å². The first-order chi connectivity index (χ1) is 13.0. The maximum Gasteiger partial charge on any atom is 0.310 e. The molecule has 0 amide bonds. The summed E-state index contributed by atoms with van der Waals surface area (Å²) in [6.45, 7) is 3.91. The quantitative estimate of drug-likeness (QED) is 0.456. The topological polar surface area (TPSA) is 81.6 Å². The van der Waals surface area contributed by atoms with Gasteiger partial charge >= 0.3 is 5.97 Å². The van der Waals surface area contributed by atoms with Crippen LogP contribution in [0.4, 0.5) is 0 Å². The SMILES string of the molecule is CN=C(NCc1cc(OC)c(OC)c(OC)c1)N1CC(C)C(C(=O)OC)C1. The van der Waals surface area contributed by atoms with Crippen molar-refractivity contribution in [2.24, 2.45) is 16.8 Å². The summed E-state index contributed by atoms with van der Waals surface area (Å²) in [6.07, 6.45) is 0. The van der Waals surface area contributed by atoms with Crippen LogP contribution in [0.5, 0.6) is 17.2 Å². The molecule has 1 aromatic carbocycles. The van der Waals surface area contributed by atoms with E-state index in [9.17, 15) is 4.79 Å². The number of nitrogens with one attached hydrogen (secondary N) is 1. The molecule has 0 radical (unpaired) electrons. The molecular weight excluding hydrogens is 350 g/mol. The van der Waals surface area contributed by atoms with E-state index in [0.717, 1.165) is 18.1 Å². The summed E-state index contributed by atoms with van der Waals surface area (Å²) < 4.78 is 21.0. The van der Waals surface area contributed by atoms with Gasteiger partial charge in [-0.15, -0.1) is 0 Å². The Morgan fingerprint density at radius 2 is 1.78 bits per heavy atom. The van der Waals surface area contributed by atoms with Gasteiger partial charge in [0.25, 0.3) is 0 Å². The van der Waals surface area contributed by atoms with Crippen molar-refractivity contribution in [1.29, 1.82) is 0 Å². The van der Waals surface area contributed by atoms with E-state index in [0.29, 0.717) is 30.3 Å². The highest BCUT2D eigenvalue weighted by Gasteiger charge is 2.36. The number of aliphatic imine (C=N–C) groups is 1. The van der Waals surface area contributed by atoms with Gasteiger partial charge in [-0.05, 0) is 23.6 Å². The Balaban J connectivity index is 2.10. The number of hydrogen-bond acceptors (Lipinski definition) is 6. The van der Waals surface area contributed by atoms with Gasteiger partial charge in [0.05, 0.1) is 34.4 Å². The van der Waals surface area contributed by atoms with Crippen molar-refractivity contribution in [3.05, 3.63) is 17.7 Å². The summed E-state index contributed by atoms with van der Waals surface area (Å²) in [5, 5.41) is 3.34. The van der Waals surface area contributed by atoms with E-state index in [1.54, 1.807) is 28.4 Å². The fourth-order valence-electron chi connectivity index (χ4n) is 3.35. The van der Waals surface area contributed by atoms with Crippen molar-refractivity contribution < 1.29 is 23.7 Å². The third-order valence-corrected chi connectivity index (χ3v) is 4.80. The molecule has 0 saturated carbocycles. The van der Waals surface area contributed by atoms with E-state index in [4.69, 9.17) is 18.9 Å². The third kappa shape index (κ3) is 4.56. The van der Waals surface area contributed by atoms with Crippen molar-refractivity contribution >= 4 is 11.9 Å². The van der Waals surface area contributed by atoms with Gasteiger partial charge in [-0.2, -0.15) is 0 Å². The molecule has 1 aromatic rings. The molecule has 2 rings (SSSR count). The van der Waals surface area contributed by atoms with E-state index in [2.05, 4.69) is 15.2 Å². The molecule has 8 heteroatoms. The number of hydrogen-bond donors (Lipinski definition) is 1. The van der Waals surface area contributed by atoms with Crippen LogP contribution in [-0.4, -0.2) is 65.4 Å². The molecule has 150 valence electrons. The molecule has 1 fully saturated rings. The Kier molecular flexibility index (Phi) is 7.15. The van der Waals surface area contributed by atoms with Crippen LogP contribution in [0.25, 0.3) is 0 Å². The van der Waals surface area contributed by atoms with Crippen LogP contribution in [0, 0.1) is 11.8 Å². The summed E-state index contributed by atoms with van der Waals surface area (Å²) in [6, 6.07) is 3.79. The van der Waals surface area contributed by atoms with Crippen molar-refractivity contribution in [3.8, 4) is 17.2 Å². The molecule has 8 nitrogen and oxygen atoms in total. The largest absolute Gasteiger partial charge is 0.493 e. The van der Waals surface area contributed by atoms with Crippen LogP contribution in [0.1, 0.15) is 12.5 Å². The predicted molar refractivity (Wildman–Crippen MR) is 103 cm³/mol. The molecule has 1 saturated heterocycles. The fraction of sp³-hybridized carbons (Fsp3) is 0.579. The molecule has 0 aromatic heterocycles. The second-order valence-electron chi connectivity index (χ2n) is 6.45. The Bertz CT molecular complexity index is 667. The van der Waals surface area contributed by atoms with Gasteiger partial charge in [-0.3, -0.25) is 9.79 Å². The summed E-state index contributed by atoms with van der Waals surface area (Å²) >= 11 is 0. The fourth-order valence-corrected chi connectivity index (χ4v) is 3.35. The molecule has 0 bridgehead atoms. The maximum atomic E-state index is 11.9. The molecular formula is C19H29N3O5. The molecule has 2 unspecified atom stereocenters. The number of benzene rings is 1. The number of likely N-dealkylation sites (tertiary alicyclic amines) is 1. The summed E-state index contributed by atoms with van der Waals surface area (Å²) in [4.78, 5) is 18.3. The highest BCUT2D eigenvalue weighted by molar-refractivity contribution is 5.82. The number of guanidine groups is 1. The Morgan fingerprint density at radius 1 is 1.15 bits per heavy atom. The number of ether oxygens (including phenoxy) is 4. The van der Waals surface area contributed by atoms with Crippen LogP contribution in [-0.2, 0) is 16.1 Å². The average Bonchev–Trinajstić information content (AvgIpc) is 3.08. The highest BCUT2D eigenvalue weighted by Crippen LogP contribution is 2.38. The lowest BCUT2D eigenvalue weighted by Crippen LogP contribution is -2.40. The second kappa shape index (κ2) is 9.34. The van der Waals surface area contributed by atoms with Crippen LogP contribution >= 0.6 is 0 Å². The zero-order valence-corrected chi connectivity index (χ0v) is 16.9. The van der Waals surface area contributed by atoms with Crippen molar-refractivity contribution in [2.45, 2.75) is 13.5 Å². The zero-order chi connectivity index (χ0) is 20.0. The van der Waals surface area contributed by atoms with Gasteiger partial charge in [-0.25, -0.2) is 0 Å². The van der Waals surface area contributed by atoms with Gasteiger partial charge in [0.1, 0.15) is 0 Å². The lowest BCUT2D eigenvalue weighted by atomic mass is 9.99. The van der Waals surface area contributed by atoms with Gasteiger partial charge in [0.15, 0.2) is 17.5 Å². The molecule has 1 N–H and O–H groups in total. The number of carbonyl (C=O) groups is 1. The van der Waals surface area contributed by atoms with Crippen molar-refractivity contribution in [3.63, 3.8) is 0 Å².